The average Bonchev–Trinajstić information content (AvgIpc) is 3.09. The smallest absolute Gasteiger partial charge is 0.135 e. The van der Waals surface area contributed by atoms with Gasteiger partial charge in [-0.1, -0.05) is 18.0 Å². The second kappa shape index (κ2) is 4.87. The minimum atomic E-state index is 0.559. The predicted octanol–water partition coefficient (Wildman–Crippen LogP) is 3.88. The topological polar surface area (TPSA) is 29.0 Å². The van der Waals surface area contributed by atoms with E-state index in [4.69, 9.17) is 16.6 Å². The zero-order valence-corrected chi connectivity index (χ0v) is 12.8. The molecule has 0 saturated heterocycles. The summed E-state index contributed by atoms with van der Waals surface area (Å²) in [5.74, 6) is 5.35. The molecule has 2 bridgehead atoms. The van der Waals surface area contributed by atoms with E-state index in [-0.39, 0.29) is 0 Å². The van der Waals surface area contributed by atoms with Gasteiger partial charge in [-0.25, -0.2) is 9.97 Å². The van der Waals surface area contributed by atoms with E-state index in [0.717, 1.165) is 35.9 Å². The molecule has 0 N–H and O–H groups in total. The van der Waals surface area contributed by atoms with Gasteiger partial charge in [0.1, 0.15) is 16.8 Å². The first kappa shape index (κ1) is 12.9. The lowest BCUT2D eigenvalue weighted by Crippen LogP contribution is -2.29. The van der Waals surface area contributed by atoms with E-state index in [1.54, 1.807) is 0 Å². The fourth-order valence-corrected chi connectivity index (χ4v) is 4.37. The molecule has 3 aliphatic carbocycles. The molecule has 3 unspecified atom stereocenters. The van der Waals surface area contributed by atoms with Crippen molar-refractivity contribution in [3.05, 3.63) is 17.0 Å². The molecule has 1 heterocycles. The predicted molar refractivity (Wildman–Crippen MR) is 81.2 cm³/mol. The minimum absolute atomic E-state index is 0.559. The molecule has 3 nitrogen and oxygen atoms in total. The van der Waals surface area contributed by atoms with Crippen LogP contribution >= 0.6 is 11.6 Å². The first-order valence-corrected chi connectivity index (χ1v) is 8.32. The van der Waals surface area contributed by atoms with E-state index < -0.39 is 0 Å². The molecule has 3 aliphatic rings. The van der Waals surface area contributed by atoms with E-state index in [2.05, 4.69) is 16.9 Å². The highest BCUT2D eigenvalue weighted by Crippen LogP contribution is 2.48. The molecule has 20 heavy (non-hydrogen) atoms. The Bertz CT molecular complexity index is 514. The van der Waals surface area contributed by atoms with Gasteiger partial charge in [0, 0.05) is 25.6 Å². The Morgan fingerprint density at radius 3 is 2.70 bits per heavy atom. The summed E-state index contributed by atoms with van der Waals surface area (Å²) >= 11 is 6.17. The summed E-state index contributed by atoms with van der Waals surface area (Å²) in [5, 5.41) is 0.594. The highest BCUT2D eigenvalue weighted by molar-refractivity contribution is 6.29. The van der Waals surface area contributed by atoms with Gasteiger partial charge in [-0.15, -0.1) is 0 Å². The third-order valence-electron chi connectivity index (χ3n) is 5.43. The van der Waals surface area contributed by atoms with E-state index >= 15 is 0 Å². The van der Waals surface area contributed by atoms with Gasteiger partial charge >= 0.3 is 0 Å². The maximum Gasteiger partial charge on any atom is 0.135 e. The SMILES string of the molecule is CN(CC1CC2CCC1C2)c1cc(Cl)nc(C2CC2)n1. The van der Waals surface area contributed by atoms with Crippen molar-refractivity contribution in [3.63, 3.8) is 0 Å². The summed E-state index contributed by atoms with van der Waals surface area (Å²) < 4.78 is 0. The molecule has 0 amide bonds. The second-order valence-corrected chi connectivity index (χ2v) is 7.38. The first-order chi connectivity index (χ1) is 9.69. The summed E-state index contributed by atoms with van der Waals surface area (Å²) in [5.41, 5.74) is 0. The summed E-state index contributed by atoms with van der Waals surface area (Å²) in [4.78, 5) is 11.4. The minimum Gasteiger partial charge on any atom is -0.359 e. The molecule has 0 aliphatic heterocycles. The molecule has 3 atom stereocenters. The van der Waals surface area contributed by atoms with Crippen molar-refractivity contribution >= 4 is 17.4 Å². The molecular weight excluding hydrogens is 270 g/mol. The summed E-state index contributed by atoms with van der Waals surface area (Å²) in [6.07, 6.45) is 8.24. The number of hydrogen-bond donors (Lipinski definition) is 0. The number of fused-ring (bicyclic) bond motifs is 2. The van der Waals surface area contributed by atoms with Crippen molar-refractivity contribution in [2.45, 2.75) is 44.4 Å². The molecule has 3 fully saturated rings. The van der Waals surface area contributed by atoms with Crippen molar-refractivity contribution in [2.75, 3.05) is 18.5 Å². The van der Waals surface area contributed by atoms with Crippen molar-refractivity contribution in [2.24, 2.45) is 17.8 Å². The molecule has 4 heteroatoms. The van der Waals surface area contributed by atoms with Crippen LogP contribution in [0.2, 0.25) is 5.15 Å². The monoisotopic (exact) mass is 291 g/mol. The standard InChI is InChI=1S/C16H22ClN3/c1-20(9-13-7-10-2-3-12(13)6-10)15-8-14(17)18-16(19-15)11-4-5-11/h8,10-13H,2-7,9H2,1H3. The van der Waals surface area contributed by atoms with Crippen LogP contribution in [0.5, 0.6) is 0 Å². The molecule has 0 radical (unpaired) electrons. The van der Waals surface area contributed by atoms with Crippen LogP contribution in [-0.4, -0.2) is 23.6 Å². The van der Waals surface area contributed by atoms with Gasteiger partial charge < -0.3 is 4.90 Å². The Morgan fingerprint density at radius 1 is 1.20 bits per heavy atom. The lowest BCUT2D eigenvalue weighted by Gasteiger charge is -2.28. The largest absolute Gasteiger partial charge is 0.359 e. The normalized spacial score (nSPS) is 31.8. The van der Waals surface area contributed by atoms with Gasteiger partial charge in [-0.3, -0.25) is 0 Å². The molecular formula is C16H22ClN3. The molecule has 4 rings (SSSR count). The zero-order chi connectivity index (χ0) is 13.7. The number of halogens is 1. The quantitative estimate of drug-likeness (QED) is 0.788. The lowest BCUT2D eigenvalue weighted by atomic mass is 9.88. The third-order valence-corrected chi connectivity index (χ3v) is 5.62. The number of rotatable bonds is 4. The molecule has 1 aromatic heterocycles. The Kier molecular flexibility index (Phi) is 3.13. The number of hydrogen-bond acceptors (Lipinski definition) is 3. The molecule has 3 saturated carbocycles. The maximum absolute atomic E-state index is 6.17. The van der Waals surface area contributed by atoms with Crippen molar-refractivity contribution < 1.29 is 0 Å². The van der Waals surface area contributed by atoms with Crippen molar-refractivity contribution in [1.29, 1.82) is 0 Å². The molecule has 108 valence electrons. The maximum atomic E-state index is 6.17. The van der Waals surface area contributed by atoms with Crippen LogP contribution in [0.4, 0.5) is 5.82 Å². The Hall–Kier alpha value is -0.830. The van der Waals surface area contributed by atoms with E-state index in [1.165, 1.54) is 38.5 Å². The number of anilines is 1. The fraction of sp³-hybridized carbons (Fsp3) is 0.750. The Labute approximate surface area is 125 Å². The van der Waals surface area contributed by atoms with Gasteiger partial charge in [0.15, 0.2) is 0 Å². The van der Waals surface area contributed by atoms with Gasteiger partial charge in [-0.05, 0) is 49.9 Å². The summed E-state index contributed by atoms with van der Waals surface area (Å²) in [7, 11) is 2.15. The summed E-state index contributed by atoms with van der Waals surface area (Å²) in [6.45, 7) is 1.12. The molecule has 0 spiro atoms. The highest BCUT2D eigenvalue weighted by atomic mass is 35.5. The van der Waals surface area contributed by atoms with E-state index in [9.17, 15) is 0 Å². The van der Waals surface area contributed by atoms with Crippen LogP contribution < -0.4 is 4.90 Å². The Morgan fingerprint density at radius 2 is 2.05 bits per heavy atom. The van der Waals surface area contributed by atoms with Gasteiger partial charge in [0.05, 0.1) is 0 Å². The van der Waals surface area contributed by atoms with Crippen LogP contribution in [0.3, 0.4) is 0 Å². The molecule has 0 aromatic carbocycles. The number of aromatic nitrogens is 2. The second-order valence-electron chi connectivity index (χ2n) is 7.00. The van der Waals surface area contributed by atoms with Crippen LogP contribution in [0.25, 0.3) is 0 Å². The van der Waals surface area contributed by atoms with Crippen molar-refractivity contribution in [1.82, 2.24) is 9.97 Å². The van der Waals surface area contributed by atoms with E-state index in [1.807, 2.05) is 6.07 Å². The lowest BCUT2D eigenvalue weighted by molar-refractivity contribution is 0.337. The van der Waals surface area contributed by atoms with Crippen LogP contribution in [0.15, 0.2) is 6.07 Å². The number of nitrogens with zero attached hydrogens (tertiary/aromatic N) is 3. The van der Waals surface area contributed by atoms with Crippen LogP contribution in [0, 0.1) is 17.8 Å². The molecule has 1 aromatic rings. The first-order valence-electron chi connectivity index (χ1n) is 7.94. The average molecular weight is 292 g/mol. The van der Waals surface area contributed by atoms with Gasteiger partial charge in [-0.2, -0.15) is 0 Å². The van der Waals surface area contributed by atoms with Gasteiger partial charge in [0.25, 0.3) is 0 Å². The van der Waals surface area contributed by atoms with Gasteiger partial charge in [0.2, 0.25) is 0 Å². The van der Waals surface area contributed by atoms with E-state index in [0.29, 0.717) is 11.1 Å². The summed E-state index contributed by atoms with van der Waals surface area (Å²) in [6, 6.07) is 1.92. The fourth-order valence-electron chi connectivity index (χ4n) is 4.19. The van der Waals surface area contributed by atoms with Crippen LogP contribution in [-0.2, 0) is 0 Å². The third kappa shape index (κ3) is 2.41. The highest BCUT2D eigenvalue weighted by Gasteiger charge is 2.39. The van der Waals surface area contributed by atoms with Crippen LogP contribution in [0.1, 0.15) is 50.3 Å². The zero-order valence-electron chi connectivity index (χ0n) is 12.1. The van der Waals surface area contributed by atoms with Crippen molar-refractivity contribution in [3.8, 4) is 0 Å². The Balaban J connectivity index is 1.48.